The number of anilines is 1. The van der Waals surface area contributed by atoms with Gasteiger partial charge in [0.15, 0.2) is 11.5 Å². The van der Waals surface area contributed by atoms with Crippen LogP contribution in [0, 0.1) is 5.92 Å². The van der Waals surface area contributed by atoms with Gasteiger partial charge in [-0.25, -0.2) is 0 Å². The quantitative estimate of drug-likeness (QED) is 0.209. The molecule has 1 aliphatic carbocycles. The number of rotatable bonds is 16. The summed E-state index contributed by atoms with van der Waals surface area (Å²) < 4.78 is 11.7. The number of hydrogen-bond acceptors (Lipinski definition) is 6. The second kappa shape index (κ2) is 15.7. The smallest absolute Gasteiger partial charge is 0.241 e. The van der Waals surface area contributed by atoms with Crippen molar-refractivity contribution >= 4 is 17.3 Å². The van der Waals surface area contributed by atoms with E-state index in [9.17, 15) is 4.79 Å². The molecule has 1 amide bonds. The summed E-state index contributed by atoms with van der Waals surface area (Å²) in [5.41, 5.74) is 11.7. The highest BCUT2D eigenvalue weighted by Crippen LogP contribution is 2.42. The Balaban J connectivity index is 1.35. The first-order valence-corrected chi connectivity index (χ1v) is 16.9. The monoisotopic (exact) mass is 600 g/mol. The Hall–Kier alpha value is -3.16. The van der Waals surface area contributed by atoms with Crippen LogP contribution in [0.1, 0.15) is 94.7 Å². The van der Waals surface area contributed by atoms with Crippen LogP contribution in [-0.2, 0) is 17.6 Å². The number of fused-ring (bicyclic) bond motifs is 1. The number of ether oxygens (including phenoxy) is 2. The Morgan fingerprint density at radius 3 is 2.77 bits per heavy atom. The van der Waals surface area contributed by atoms with E-state index in [2.05, 4.69) is 68.1 Å². The Bertz CT molecular complexity index is 1320. The lowest BCUT2D eigenvalue weighted by Gasteiger charge is -2.29. The van der Waals surface area contributed by atoms with Crippen LogP contribution < -0.4 is 20.1 Å². The van der Waals surface area contributed by atoms with Crippen molar-refractivity contribution in [3.05, 3.63) is 65.4 Å². The maximum atomic E-state index is 14.1. The summed E-state index contributed by atoms with van der Waals surface area (Å²) >= 11 is 0. The van der Waals surface area contributed by atoms with Crippen LogP contribution in [0.2, 0.25) is 0 Å². The van der Waals surface area contributed by atoms with Gasteiger partial charge in [0.05, 0.1) is 6.54 Å². The minimum absolute atomic E-state index is 0.170. The van der Waals surface area contributed by atoms with Crippen molar-refractivity contribution in [2.45, 2.75) is 96.9 Å². The van der Waals surface area contributed by atoms with E-state index in [1.807, 2.05) is 11.1 Å². The summed E-state index contributed by atoms with van der Waals surface area (Å²) in [5, 5.41) is 0. The number of nitrogens with two attached hydrogens (primary N) is 1. The molecule has 2 heterocycles. The Morgan fingerprint density at radius 2 is 2.00 bits per heavy atom. The molecule has 2 unspecified atom stereocenters. The van der Waals surface area contributed by atoms with Crippen LogP contribution in [0.15, 0.2) is 53.7 Å². The number of aryl methyl sites for hydroxylation is 1. The molecule has 3 aliphatic rings. The third-order valence-corrected chi connectivity index (χ3v) is 9.23. The lowest BCUT2D eigenvalue weighted by Crippen LogP contribution is -2.43. The number of amides is 1. The van der Waals surface area contributed by atoms with Crippen molar-refractivity contribution in [2.75, 3.05) is 37.9 Å². The molecule has 1 saturated heterocycles. The Labute approximate surface area is 264 Å². The fourth-order valence-corrected chi connectivity index (χ4v) is 6.56. The largest absolute Gasteiger partial charge is 0.454 e. The first-order chi connectivity index (χ1) is 21.5. The molecule has 2 aromatic carbocycles. The van der Waals surface area contributed by atoms with E-state index in [-0.39, 0.29) is 12.7 Å². The Morgan fingerprint density at radius 1 is 1.14 bits per heavy atom. The molecule has 2 aromatic rings. The minimum Gasteiger partial charge on any atom is -0.454 e. The van der Waals surface area contributed by atoms with Gasteiger partial charge in [-0.05, 0) is 112 Å². The topological polar surface area (TPSA) is 80.4 Å². The summed E-state index contributed by atoms with van der Waals surface area (Å²) in [5.74, 6) is 3.01. The molecule has 2 aliphatic heterocycles. The Kier molecular flexibility index (Phi) is 11.5. The zero-order valence-corrected chi connectivity index (χ0v) is 27.1. The minimum atomic E-state index is 0.170. The fraction of sp³-hybridized carbons (Fsp3) is 0.568. The molecule has 7 nitrogen and oxygen atoms in total. The summed E-state index contributed by atoms with van der Waals surface area (Å²) in [6, 6.07) is 13.2. The van der Waals surface area contributed by atoms with Crippen LogP contribution in [0.25, 0.3) is 0 Å². The average molecular weight is 601 g/mol. The van der Waals surface area contributed by atoms with Gasteiger partial charge in [-0.2, -0.15) is 0 Å². The molecule has 0 spiro atoms. The number of unbranched alkanes of at least 4 members (excludes halogenated alkanes) is 1. The molecular weight excluding hydrogens is 548 g/mol. The average Bonchev–Trinajstić information content (AvgIpc) is 3.56. The number of allylic oxidation sites excluding steroid dienone is 1. The molecule has 0 bridgehead atoms. The molecule has 5 rings (SSSR count). The lowest BCUT2D eigenvalue weighted by molar-refractivity contribution is -0.120. The van der Waals surface area contributed by atoms with Gasteiger partial charge in [0.25, 0.3) is 0 Å². The molecule has 238 valence electrons. The summed E-state index contributed by atoms with van der Waals surface area (Å²) in [6.45, 7) is 9.40. The third kappa shape index (κ3) is 8.51. The van der Waals surface area contributed by atoms with Gasteiger partial charge in [-0.1, -0.05) is 51.0 Å². The highest BCUT2D eigenvalue weighted by atomic mass is 16.7. The summed E-state index contributed by atoms with van der Waals surface area (Å²) in [6.07, 6.45) is 14.6. The molecule has 2 fully saturated rings. The predicted octanol–water partition coefficient (Wildman–Crippen LogP) is 7.03. The zero-order valence-electron chi connectivity index (χ0n) is 27.1. The van der Waals surface area contributed by atoms with Crippen LogP contribution in [0.4, 0.5) is 5.69 Å². The van der Waals surface area contributed by atoms with Gasteiger partial charge in [0.1, 0.15) is 0 Å². The second-order valence-electron chi connectivity index (χ2n) is 12.9. The van der Waals surface area contributed by atoms with Crippen molar-refractivity contribution in [3.8, 4) is 11.5 Å². The van der Waals surface area contributed by atoms with Crippen molar-refractivity contribution < 1.29 is 14.3 Å². The van der Waals surface area contributed by atoms with E-state index in [0.29, 0.717) is 25.0 Å². The summed E-state index contributed by atoms with van der Waals surface area (Å²) in [4.78, 5) is 23.3. The molecule has 2 N–H and O–H groups in total. The van der Waals surface area contributed by atoms with Crippen LogP contribution >= 0.6 is 0 Å². The number of carbonyl (C=O) groups excluding carboxylic acids is 1. The van der Waals surface area contributed by atoms with Crippen molar-refractivity contribution in [3.63, 3.8) is 0 Å². The number of likely N-dealkylation sites (tertiary alicyclic amines) is 1. The van der Waals surface area contributed by atoms with E-state index in [4.69, 9.17) is 20.2 Å². The molecule has 44 heavy (non-hydrogen) atoms. The van der Waals surface area contributed by atoms with Gasteiger partial charge >= 0.3 is 0 Å². The number of nitrogens with zero attached hydrogens (tertiary/aromatic N) is 3. The van der Waals surface area contributed by atoms with Crippen molar-refractivity contribution in [2.24, 2.45) is 16.6 Å². The number of hydrogen-bond donors (Lipinski definition) is 1. The maximum Gasteiger partial charge on any atom is 0.241 e. The molecule has 0 radical (unpaired) electrons. The van der Waals surface area contributed by atoms with E-state index in [0.717, 1.165) is 93.3 Å². The van der Waals surface area contributed by atoms with Gasteiger partial charge in [-0.3, -0.25) is 14.7 Å². The van der Waals surface area contributed by atoms with Crippen molar-refractivity contribution in [1.29, 1.82) is 0 Å². The van der Waals surface area contributed by atoms with Gasteiger partial charge in [0.2, 0.25) is 12.7 Å². The fourth-order valence-electron chi connectivity index (χ4n) is 6.56. The maximum absolute atomic E-state index is 14.1. The van der Waals surface area contributed by atoms with E-state index < -0.39 is 0 Å². The lowest BCUT2D eigenvalue weighted by atomic mass is 9.92. The van der Waals surface area contributed by atoms with E-state index in [1.165, 1.54) is 29.5 Å². The SMILES string of the molecule is CCCCN(C(=O)CN1CC(c2cc(CCC)c3c(c2)OCO3)CC1CCC(C)=N/C=C\C1CC1)c1cccc(CCN)c1. The first kappa shape index (κ1) is 32.2. The standard InChI is InChI=1S/C37H52N4O3/c1-4-6-19-41(34-10-7-9-29(20-34)15-17-38)36(42)25-40-24-32(22-33(40)14-11-27(3)39-18-16-28-12-13-28)31-21-30(8-5-2)37-35(23-31)43-26-44-37/h7,9-10,16,18,20-21,23,28,32-33H,4-6,8,11-15,17,19,22,24-26,38H2,1-3H3/b18-16-,39-27?. The summed E-state index contributed by atoms with van der Waals surface area (Å²) in [7, 11) is 0. The third-order valence-electron chi connectivity index (χ3n) is 9.23. The predicted molar refractivity (Wildman–Crippen MR) is 180 cm³/mol. The van der Waals surface area contributed by atoms with Crippen LogP contribution in [-0.4, -0.2) is 55.5 Å². The molecule has 1 saturated carbocycles. The molecule has 7 heteroatoms. The normalized spacial score (nSPS) is 20.1. The molecule has 2 atom stereocenters. The highest BCUT2D eigenvalue weighted by Gasteiger charge is 2.36. The van der Waals surface area contributed by atoms with Crippen LogP contribution in [0.3, 0.4) is 0 Å². The first-order valence-electron chi connectivity index (χ1n) is 16.9. The molecule has 0 aromatic heterocycles. The number of benzene rings is 2. The van der Waals surface area contributed by atoms with Gasteiger partial charge in [-0.15, -0.1) is 0 Å². The second-order valence-corrected chi connectivity index (χ2v) is 12.9. The number of aliphatic imine (C=N–C) groups is 1. The van der Waals surface area contributed by atoms with Crippen LogP contribution in [0.5, 0.6) is 11.5 Å². The highest BCUT2D eigenvalue weighted by molar-refractivity contribution is 5.95. The van der Waals surface area contributed by atoms with E-state index >= 15 is 0 Å². The van der Waals surface area contributed by atoms with E-state index in [1.54, 1.807) is 0 Å². The zero-order chi connectivity index (χ0) is 30.9. The molecular formula is C37H52N4O3. The van der Waals surface area contributed by atoms with Gasteiger partial charge in [0, 0.05) is 36.7 Å². The van der Waals surface area contributed by atoms with Crippen molar-refractivity contribution in [1.82, 2.24) is 4.90 Å². The number of carbonyl (C=O) groups is 1. The van der Waals surface area contributed by atoms with Gasteiger partial charge < -0.3 is 20.1 Å².